The lowest BCUT2D eigenvalue weighted by Gasteiger charge is -2.13. The van der Waals surface area contributed by atoms with Crippen molar-refractivity contribution in [3.63, 3.8) is 0 Å². The highest BCUT2D eigenvalue weighted by molar-refractivity contribution is 6.08. The fraction of sp³-hybridized carbons (Fsp3) is 0.192. The Labute approximate surface area is 204 Å². The van der Waals surface area contributed by atoms with E-state index < -0.39 is 35.2 Å². The molecule has 0 saturated heterocycles. The Kier molecular flexibility index (Phi) is 5.63. The number of nitrogen functional groups attached to an aromatic ring is 1. The van der Waals surface area contributed by atoms with Crippen molar-refractivity contribution in [3.05, 3.63) is 91.6 Å². The summed E-state index contributed by atoms with van der Waals surface area (Å²) in [6.07, 6.45) is 4.70. The van der Waals surface area contributed by atoms with Crippen molar-refractivity contribution in [3.8, 4) is 0 Å². The zero-order chi connectivity index (χ0) is 25.6. The van der Waals surface area contributed by atoms with Gasteiger partial charge in [-0.15, -0.1) is 0 Å². The summed E-state index contributed by atoms with van der Waals surface area (Å²) >= 11 is 0. The topological polar surface area (TPSA) is 139 Å². The molecule has 0 saturated carbocycles. The van der Waals surface area contributed by atoms with Gasteiger partial charge in [-0.3, -0.25) is 18.7 Å². The predicted octanol–water partition coefficient (Wildman–Crippen LogP) is 2.33. The molecule has 0 radical (unpaired) electrons. The first-order valence-corrected chi connectivity index (χ1v) is 11.2. The number of hydrogen-bond acceptors (Lipinski definition) is 8. The molecule has 0 amide bonds. The average Bonchev–Trinajstić information content (AvgIpc) is 3.54. The minimum Gasteiger partial charge on any atom is -0.465 e. The second kappa shape index (κ2) is 8.81. The zero-order valence-electron chi connectivity index (χ0n) is 19.6. The van der Waals surface area contributed by atoms with Crippen LogP contribution < -0.4 is 17.0 Å². The molecule has 0 fully saturated rings. The number of ether oxygens (including phenoxy) is 1. The number of rotatable bonds is 5. The number of carbonyl (C=O) groups excluding carboxylic acids is 2. The maximum atomic E-state index is 13.3. The number of anilines is 1. The van der Waals surface area contributed by atoms with Crippen LogP contribution in [0.1, 0.15) is 44.2 Å². The van der Waals surface area contributed by atoms with Gasteiger partial charge in [0.05, 0.1) is 23.0 Å². The molecule has 4 aromatic rings. The van der Waals surface area contributed by atoms with Crippen LogP contribution in [0.5, 0.6) is 0 Å². The summed E-state index contributed by atoms with van der Waals surface area (Å²) < 4.78 is 12.6. The van der Waals surface area contributed by atoms with Crippen LogP contribution in [0, 0.1) is 0 Å². The van der Waals surface area contributed by atoms with Crippen molar-refractivity contribution in [2.45, 2.75) is 12.8 Å². The molecule has 10 heteroatoms. The molecule has 1 aliphatic carbocycles. The van der Waals surface area contributed by atoms with Crippen molar-refractivity contribution < 1.29 is 18.7 Å². The van der Waals surface area contributed by atoms with Crippen LogP contribution in [0.25, 0.3) is 22.6 Å². The van der Waals surface area contributed by atoms with Crippen LogP contribution in [0.3, 0.4) is 0 Å². The molecule has 1 aromatic carbocycles. The Bertz CT molecular complexity index is 1690. The number of nitrogens with zero attached hydrogens (tertiary/aromatic N) is 3. The van der Waals surface area contributed by atoms with Crippen LogP contribution >= 0.6 is 0 Å². The van der Waals surface area contributed by atoms with Gasteiger partial charge in [0.1, 0.15) is 17.1 Å². The second-order valence-electron chi connectivity index (χ2n) is 8.48. The first-order valence-electron chi connectivity index (χ1n) is 11.2. The third kappa shape index (κ3) is 3.72. The molecule has 36 heavy (non-hydrogen) atoms. The Balaban J connectivity index is 1.51. The third-order valence-electron chi connectivity index (χ3n) is 6.33. The van der Waals surface area contributed by atoms with Gasteiger partial charge in [-0.2, -0.15) is 0 Å². The monoisotopic (exact) mass is 486 g/mol. The smallest absolute Gasteiger partial charge is 0.339 e. The molecule has 3 aromatic heterocycles. The van der Waals surface area contributed by atoms with Gasteiger partial charge in [-0.25, -0.2) is 14.6 Å². The number of Topliss-reactive ketones (excluding diaryl/α,β-unsaturated/α-hetero) is 1. The fourth-order valence-corrected chi connectivity index (χ4v) is 4.45. The Morgan fingerprint density at radius 1 is 1.08 bits per heavy atom. The van der Waals surface area contributed by atoms with Gasteiger partial charge >= 0.3 is 11.7 Å². The van der Waals surface area contributed by atoms with Crippen LogP contribution in [0.4, 0.5) is 5.82 Å². The summed E-state index contributed by atoms with van der Waals surface area (Å²) in [6.45, 7) is -0.711. The average molecular weight is 486 g/mol. The van der Waals surface area contributed by atoms with E-state index in [4.69, 9.17) is 19.9 Å². The van der Waals surface area contributed by atoms with Gasteiger partial charge in [0.15, 0.2) is 6.61 Å². The number of aromatic nitrogens is 3. The maximum Gasteiger partial charge on any atom is 0.339 e. The van der Waals surface area contributed by atoms with Gasteiger partial charge in [0.25, 0.3) is 5.56 Å². The summed E-state index contributed by atoms with van der Waals surface area (Å²) in [5.41, 5.74) is 7.21. The summed E-state index contributed by atoms with van der Waals surface area (Å²) in [5, 5.41) is 0.602. The molecule has 0 spiro atoms. The Morgan fingerprint density at radius 2 is 1.86 bits per heavy atom. The molecule has 2 N–H and O–H groups in total. The maximum absolute atomic E-state index is 13.3. The van der Waals surface area contributed by atoms with E-state index in [0.29, 0.717) is 40.8 Å². The van der Waals surface area contributed by atoms with Crippen LogP contribution in [-0.2, 0) is 25.3 Å². The van der Waals surface area contributed by atoms with Crippen LogP contribution in [-0.4, -0.2) is 32.5 Å². The van der Waals surface area contributed by atoms with Crippen molar-refractivity contribution >= 4 is 40.1 Å². The molecule has 5 rings (SSSR count). The number of benzene rings is 1. The lowest BCUT2D eigenvalue weighted by molar-refractivity contribution is 0.0475. The fourth-order valence-electron chi connectivity index (χ4n) is 4.45. The molecule has 10 nitrogen and oxygen atoms in total. The molecular weight excluding hydrogens is 464 g/mol. The minimum absolute atomic E-state index is 0.285. The highest BCUT2D eigenvalue weighted by atomic mass is 16.5. The second-order valence-corrected chi connectivity index (χ2v) is 8.48. The van der Waals surface area contributed by atoms with E-state index in [1.54, 1.807) is 30.5 Å². The van der Waals surface area contributed by atoms with Crippen molar-refractivity contribution in [1.82, 2.24) is 14.1 Å². The van der Waals surface area contributed by atoms with E-state index in [1.165, 1.54) is 14.1 Å². The number of carbonyl (C=O) groups is 2. The molecule has 3 heterocycles. The SMILES string of the molecule is Cn1c(N)c(C(=O)COC(=O)c2c3c(nc4ccccc24)/C(=C/c2ccco2)CC3)c(=O)n(C)c1=O. The van der Waals surface area contributed by atoms with Gasteiger partial charge in [0.2, 0.25) is 5.78 Å². The number of furan rings is 1. The lowest BCUT2D eigenvalue weighted by Crippen LogP contribution is -2.42. The van der Waals surface area contributed by atoms with Gasteiger partial charge in [-0.1, -0.05) is 18.2 Å². The summed E-state index contributed by atoms with van der Waals surface area (Å²) in [4.78, 5) is 55.5. The van der Waals surface area contributed by atoms with Crippen LogP contribution in [0.2, 0.25) is 0 Å². The number of nitrogens with two attached hydrogens (primary N) is 1. The highest BCUT2D eigenvalue weighted by Crippen LogP contribution is 2.37. The standard InChI is InChI=1S/C26H22N4O6/c1-29-23(27)21(24(32)30(2)26(29)34)19(31)13-36-25(33)20-16-7-3-4-8-18(16)28-22-14(9-10-17(20)22)12-15-6-5-11-35-15/h3-8,11-12H,9-10,13,27H2,1-2H3/b14-12+. The summed E-state index contributed by atoms with van der Waals surface area (Å²) in [7, 11) is 2.59. The van der Waals surface area contributed by atoms with Crippen LogP contribution in [0.15, 0.2) is 56.7 Å². The van der Waals surface area contributed by atoms with E-state index in [2.05, 4.69) is 0 Å². The number of allylic oxidation sites excluding steroid dienone is 1. The van der Waals surface area contributed by atoms with Crippen molar-refractivity contribution in [2.24, 2.45) is 14.1 Å². The van der Waals surface area contributed by atoms with E-state index >= 15 is 0 Å². The highest BCUT2D eigenvalue weighted by Gasteiger charge is 2.29. The molecule has 0 aliphatic heterocycles. The van der Waals surface area contributed by atoms with Crippen molar-refractivity contribution in [2.75, 3.05) is 12.3 Å². The molecule has 182 valence electrons. The molecule has 0 bridgehead atoms. The Hall–Kier alpha value is -4.73. The Morgan fingerprint density at radius 3 is 2.61 bits per heavy atom. The molecular formula is C26H22N4O6. The molecule has 1 aliphatic rings. The number of esters is 1. The molecule has 0 atom stereocenters. The van der Waals surface area contributed by atoms with Gasteiger partial charge < -0.3 is 14.9 Å². The van der Waals surface area contributed by atoms with Crippen molar-refractivity contribution in [1.29, 1.82) is 0 Å². The lowest BCUT2D eigenvalue weighted by atomic mass is 10.0. The number of hydrogen-bond donors (Lipinski definition) is 1. The first-order chi connectivity index (χ1) is 17.3. The molecule has 0 unspecified atom stereocenters. The first kappa shape index (κ1) is 23.0. The van der Waals surface area contributed by atoms with E-state index in [9.17, 15) is 19.2 Å². The number of fused-ring (bicyclic) bond motifs is 2. The number of ketones is 1. The minimum atomic E-state index is -0.848. The summed E-state index contributed by atoms with van der Waals surface area (Å²) in [6, 6.07) is 10.8. The quantitative estimate of drug-likeness (QED) is 0.335. The third-order valence-corrected chi connectivity index (χ3v) is 6.33. The number of pyridine rings is 1. The summed E-state index contributed by atoms with van der Waals surface area (Å²) in [5.74, 6) is -1.12. The zero-order valence-corrected chi connectivity index (χ0v) is 19.6. The van der Waals surface area contributed by atoms with Gasteiger partial charge in [0, 0.05) is 19.5 Å². The van der Waals surface area contributed by atoms with Gasteiger partial charge in [-0.05, 0) is 48.3 Å². The van der Waals surface area contributed by atoms with E-state index in [-0.39, 0.29) is 5.82 Å². The van der Waals surface area contributed by atoms with E-state index in [1.807, 2.05) is 18.2 Å². The normalized spacial score (nSPS) is 13.8. The largest absolute Gasteiger partial charge is 0.465 e. The van der Waals surface area contributed by atoms with E-state index in [0.717, 1.165) is 20.3 Å². The number of para-hydroxylation sites is 1. The predicted molar refractivity (Wildman–Crippen MR) is 133 cm³/mol.